The van der Waals surface area contributed by atoms with E-state index in [1.165, 1.54) is 69.2 Å². The molecule has 9 aromatic carbocycles. The zero-order valence-corrected chi connectivity index (χ0v) is 30.6. The van der Waals surface area contributed by atoms with Gasteiger partial charge in [0, 0.05) is 36.9 Å². The molecule has 0 N–H and O–H groups in total. The average molecular weight is 717 g/mol. The van der Waals surface area contributed by atoms with Crippen molar-refractivity contribution in [3.63, 3.8) is 0 Å². The van der Waals surface area contributed by atoms with Gasteiger partial charge in [-0.3, -0.25) is 0 Å². The van der Waals surface area contributed by atoms with Crippen LogP contribution < -0.4 is 0 Å². The van der Waals surface area contributed by atoms with Gasteiger partial charge in [-0.15, -0.1) is 11.3 Å². The highest BCUT2D eigenvalue weighted by Gasteiger charge is 2.16. The first kappa shape index (κ1) is 31.6. The second-order valence-corrected chi connectivity index (χ2v) is 15.2. The Balaban J connectivity index is 1.10. The summed E-state index contributed by atoms with van der Waals surface area (Å²) in [6.07, 6.45) is 0. The Morgan fingerprint density at radius 1 is 0.291 bits per heavy atom. The Hall–Kier alpha value is -6.94. The van der Waals surface area contributed by atoms with E-state index < -0.39 is 0 Å². The number of nitrogens with zero attached hydrogens (tertiary/aromatic N) is 2. The molecule has 2 nitrogen and oxygen atoms in total. The van der Waals surface area contributed by atoms with E-state index in [9.17, 15) is 0 Å². The molecule has 55 heavy (non-hydrogen) atoms. The van der Waals surface area contributed by atoms with E-state index in [0.717, 1.165) is 33.6 Å². The fourth-order valence-corrected chi connectivity index (χ4v) is 9.33. The van der Waals surface area contributed by atoms with E-state index in [-0.39, 0.29) is 0 Å². The van der Waals surface area contributed by atoms with E-state index in [4.69, 9.17) is 9.97 Å². The predicted octanol–water partition coefficient (Wildman–Crippen LogP) is 14.6. The van der Waals surface area contributed by atoms with Gasteiger partial charge in [0.2, 0.25) is 0 Å². The van der Waals surface area contributed by atoms with Crippen LogP contribution in [-0.4, -0.2) is 9.97 Å². The summed E-state index contributed by atoms with van der Waals surface area (Å²) in [6.45, 7) is 0. The molecule has 0 unspecified atom stereocenters. The van der Waals surface area contributed by atoms with Crippen molar-refractivity contribution >= 4 is 63.8 Å². The van der Waals surface area contributed by atoms with E-state index in [0.29, 0.717) is 5.82 Å². The normalized spacial score (nSPS) is 11.6. The standard InChI is InChI=1S/C52H32N2S/c1-3-13-33(14-4-1)47-32-48(54-52(53-47)34-15-5-2-6-16-34)38-18-11-17-37(29-38)39-22-12-23-43-40-19-7-8-20-41(40)45-30-35(25-27-44(45)51(39)43)36-26-28-50-46(31-36)42-21-9-10-24-49(42)55-50/h1-32H. The van der Waals surface area contributed by atoms with Crippen LogP contribution in [0.4, 0.5) is 0 Å². The minimum absolute atomic E-state index is 0.715. The number of rotatable bonds is 5. The van der Waals surface area contributed by atoms with Crippen LogP contribution in [-0.2, 0) is 0 Å². The number of aromatic nitrogens is 2. The summed E-state index contributed by atoms with van der Waals surface area (Å²) in [5, 5.41) is 10.2. The molecule has 256 valence electrons. The Bertz CT molecular complexity index is 3200. The van der Waals surface area contributed by atoms with Crippen molar-refractivity contribution < 1.29 is 0 Å². The fraction of sp³-hybridized carbons (Fsp3) is 0. The van der Waals surface area contributed by atoms with Crippen LogP contribution in [0.2, 0.25) is 0 Å². The summed E-state index contributed by atoms with van der Waals surface area (Å²) in [5.41, 5.74) is 9.72. The van der Waals surface area contributed by atoms with E-state index in [2.05, 4.69) is 170 Å². The van der Waals surface area contributed by atoms with Crippen LogP contribution in [0.15, 0.2) is 194 Å². The topological polar surface area (TPSA) is 25.8 Å². The lowest BCUT2D eigenvalue weighted by molar-refractivity contribution is 1.18. The number of benzene rings is 9. The highest BCUT2D eigenvalue weighted by atomic mass is 32.1. The molecule has 0 saturated carbocycles. The molecule has 0 aliphatic carbocycles. The van der Waals surface area contributed by atoms with Crippen LogP contribution in [0, 0.1) is 0 Å². The second kappa shape index (κ2) is 12.9. The van der Waals surface area contributed by atoms with Crippen LogP contribution in [0.5, 0.6) is 0 Å². The van der Waals surface area contributed by atoms with Gasteiger partial charge in [0.05, 0.1) is 11.4 Å². The molecule has 0 bridgehead atoms. The molecule has 0 fully saturated rings. The lowest BCUT2D eigenvalue weighted by Crippen LogP contribution is -1.96. The number of hydrogen-bond donors (Lipinski definition) is 0. The first-order valence-corrected chi connectivity index (χ1v) is 19.5. The highest BCUT2D eigenvalue weighted by molar-refractivity contribution is 7.25. The Morgan fingerprint density at radius 3 is 1.64 bits per heavy atom. The van der Waals surface area contributed by atoms with Gasteiger partial charge in [-0.05, 0) is 91.0 Å². The van der Waals surface area contributed by atoms with Gasteiger partial charge in [-0.2, -0.15) is 0 Å². The van der Waals surface area contributed by atoms with Crippen molar-refractivity contribution in [1.29, 1.82) is 0 Å². The summed E-state index contributed by atoms with van der Waals surface area (Å²) in [4.78, 5) is 10.2. The van der Waals surface area contributed by atoms with Crippen molar-refractivity contribution in [3.05, 3.63) is 194 Å². The quantitative estimate of drug-likeness (QED) is 0.166. The van der Waals surface area contributed by atoms with Crippen molar-refractivity contribution in [2.24, 2.45) is 0 Å². The molecular formula is C52H32N2S. The highest BCUT2D eigenvalue weighted by Crippen LogP contribution is 2.43. The number of fused-ring (bicyclic) bond motifs is 9. The monoisotopic (exact) mass is 716 g/mol. The molecule has 0 spiro atoms. The Kier molecular flexibility index (Phi) is 7.39. The van der Waals surface area contributed by atoms with Crippen molar-refractivity contribution in [3.8, 4) is 56.2 Å². The first-order chi connectivity index (χ1) is 27.2. The zero-order valence-electron chi connectivity index (χ0n) is 29.8. The van der Waals surface area contributed by atoms with Gasteiger partial charge < -0.3 is 0 Å². The lowest BCUT2D eigenvalue weighted by atomic mass is 9.88. The molecule has 0 atom stereocenters. The van der Waals surface area contributed by atoms with E-state index >= 15 is 0 Å². The Labute approximate surface area is 322 Å². The number of thiophene rings is 1. The minimum atomic E-state index is 0.715. The van der Waals surface area contributed by atoms with Crippen molar-refractivity contribution in [2.75, 3.05) is 0 Å². The third kappa shape index (κ3) is 5.40. The maximum atomic E-state index is 5.15. The molecule has 0 radical (unpaired) electrons. The molecule has 2 heterocycles. The van der Waals surface area contributed by atoms with Gasteiger partial charge in [-0.25, -0.2) is 9.97 Å². The molecule has 0 amide bonds. The maximum absolute atomic E-state index is 5.15. The van der Waals surface area contributed by atoms with Crippen LogP contribution in [0.25, 0.3) is 109 Å². The fourth-order valence-electron chi connectivity index (χ4n) is 8.24. The smallest absolute Gasteiger partial charge is 0.160 e. The summed E-state index contributed by atoms with van der Waals surface area (Å²) >= 11 is 1.86. The largest absolute Gasteiger partial charge is 0.228 e. The van der Waals surface area contributed by atoms with Crippen LogP contribution in [0.1, 0.15) is 0 Å². The molecule has 11 rings (SSSR count). The van der Waals surface area contributed by atoms with Gasteiger partial charge in [0.1, 0.15) is 0 Å². The molecular weight excluding hydrogens is 685 g/mol. The molecule has 0 saturated heterocycles. The summed E-state index contributed by atoms with van der Waals surface area (Å²) in [7, 11) is 0. The summed E-state index contributed by atoms with van der Waals surface area (Å²) in [5.74, 6) is 0.715. The van der Waals surface area contributed by atoms with Gasteiger partial charge in [-0.1, -0.05) is 158 Å². The maximum Gasteiger partial charge on any atom is 0.160 e. The third-order valence-electron chi connectivity index (χ3n) is 10.9. The van der Waals surface area contributed by atoms with Crippen LogP contribution >= 0.6 is 11.3 Å². The molecule has 11 aromatic rings. The Morgan fingerprint density at radius 2 is 0.836 bits per heavy atom. The van der Waals surface area contributed by atoms with E-state index in [1.807, 2.05) is 35.6 Å². The predicted molar refractivity (Wildman–Crippen MR) is 235 cm³/mol. The first-order valence-electron chi connectivity index (χ1n) is 18.6. The average Bonchev–Trinajstić information content (AvgIpc) is 3.65. The molecule has 2 aromatic heterocycles. The van der Waals surface area contributed by atoms with Crippen molar-refractivity contribution in [2.45, 2.75) is 0 Å². The number of hydrogen-bond acceptors (Lipinski definition) is 3. The summed E-state index contributed by atoms with van der Waals surface area (Å²) in [6, 6.07) is 69.9. The zero-order chi connectivity index (χ0) is 36.3. The van der Waals surface area contributed by atoms with Crippen LogP contribution in [0.3, 0.4) is 0 Å². The second-order valence-electron chi connectivity index (χ2n) is 14.1. The summed E-state index contributed by atoms with van der Waals surface area (Å²) < 4.78 is 2.65. The van der Waals surface area contributed by atoms with Crippen molar-refractivity contribution in [1.82, 2.24) is 9.97 Å². The lowest BCUT2D eigenvalue weighted by Gasteiger charge is -2.16. The van der Waals surface area contributed by atoms with Gasteiger partial charge in [0.25, 0.3) is 0 Å². The van der Waals surface area contributed by atoms with Gasteiger partial charge >= 0.3 is 0 Å². The van der Waals surface area contributed by atoms with E-state index in [1.54, 1.807) is 0 Å². The molecule has 0 aliphatic rings. The molecule has 3 heteroatoms. The SMILES string of the molecule is c1ccc(-c2cc(-c3cccc(-c4cccc5c6ccccc6c6cc(-c7ccc8sc9ccccc9c8c7)ccc6c45)c3)nc(-c3ccccc3)n2)cc1. The molecule has 0 aliphatic heterocycles. The third-order valence-corrected chi connectivity index (χ3v) is 12.0. The minimum Gasteiger partial charge on any atom is -0.228 e. The van der Waals surface area contributed by atoms with Gasteiger partial charge in [0.15, 0.2) is 5.82 Å².